The van der Waals surface area contributed by atoms with E-state index in [1.54, 1.807) is 0 Å². The minimum atomic E-state index is -1.14. The van der Waals surface area contributed by atoms with Gasteiger partial charge in [-0.15, -0.1) is 5.10 Å². The summed E-state index contributed by atoms with van der Waals surface area (Å²) in [7, 11) is 0. The molecule has 7 nitrogen and oxygen atoms in total. The summed E-state index contributed by atoms with van der Waals surface area (Å²) in [6.07, 6.45) is 4.31. The van der Waals surface area contributed by atoms with Gasteiger partial charge in [0.25, 0.3) is 0 Å². The molecule has 0 saturated heterocycles. The molecule has 1 fully saturated rings. The van der Waals surface area contributed by atoms with Crippen molar-refractivity contribution < 1.29 is 14.7 Å². The zero-order valence-corrected chi connectivity index (χ0v) is 10.2. The van der Waals surface area contributed by atoms with Crippen LogP contribution < -0.4 is 0 Å². The van der Waals surface area contributed by atoms with E-state index < -0.39 is 5.97 Å². The zero-order valence-electron chi connectivity index (χ0n) is 10.2. The van der Waals surface area contributed by atoms with Crippen LogP contribution in [0.3, 0.4) is 0 Å². The van der Waals surface area contributed by atoms with E-state index >= 15 is 0 Å². The Morgan fingerprint density at radius 1 is 1.56 bits per heavy atom. The second kappa shape index (κ2) is 5.16. The van der Waals surface area contributed by atoms with Crippen molar-refractivity contribution in [3.63, 3.8) is 0 Å². The number of hydrogen-bond donors (Lipinski definition) is 1. The molecule has 1 amide bonds. The maximum Gasteiger partial charge on any atom is 0.358 e. The molecule has 98 valence electrons. The lowest BCUT2D eigenvalue weighted by molar-refractivity contribution is -0.132. The SMILES string of the molecule is CCCN(C(=O)Cn1cc(C(=O)O)nn1)C1CC1. The Bertz CT molecular complexity index is 453. The number of aromatic carboxylic acids is 1. The predicted octanol–water partition coefficient (Wildman–Crippen LogP) is 0.377. The standard InChI is InChI=1S/C11H16N4O3/c1-2-5-15(8-3-4-8)10(16)7-14-6-9(11(17)18)12-13-14/h6,8H,2-5,7H2,1H3,(H,17,18). The minimum Gasteiger partial charge on any atom is -0.476 e. The second-order valence-corrected chi connectivity index (χ2v) is 4.42. The first-order chi connectivity index (χ1) is 8.61. The van der Waals surface area contributed by atoms with Crippen molar-refractivity contribution in [1.82, 2.24) is 19.9 Å². The molecule has 0 radical (unpaired) electrons. The molecule has 1 N–H and O–H groups in total. The second-order valence-electron chi connectivity index (χ2n) is 4.42. The van der Waals surface area contributed by atoms with Gasteiger partial charge in [-0.1, -0.05) is 12.1 Å². The first kappa shape index (κ1) is 12.5. The third-order valence-electron chi connectivity index (χ3n) is 2.83. The maximum absolute atomic E-state index is 12.1. The first-order valence-corrected chi connectivity index (χ1v) is 6.04. The average Bonchev–Trinajstić information content (AvgIpc) is 3.05. The number of carbonyl (C=O) groups excluding carboxylic acids is 1. The molecule has 0 atom stereocenters. The highest BCUT2D eigenvalue weighted by atomic mass is 16.4. The topological polar surface area (TPSA) is 88.3 Å². The van der Waals surface area contributed by atoms with Gasteiger partial charge in [0.1, 0.15) is 6.54 Å². The van der Waals surface area contributed by atoms with E-state index in [1.807, 2.05) is 11.8 Å². The molecule has 7 heteroatoms. The quantitative estimate of drug-likeness (QED) is 0.790. The van der Waals surface area contributed by atoms with Crippen molar-refractivity contribution in [1.29, 1.82) is 0 Å². The Morgan fingerprint density at radius 2 is 2.28 bits per heavy atom. The van der Waals surface area contributed by atoms with E-state index in [1.165, 1.54) is 10.9 Å². The summed E-state index contributed by atoms with van der Waals surface area (Å²) in [5, 5.41) is 15.8. The molecular weight excluding hydrogens is 236 g/mol. The van der Waals surface area contributed by atoms with Gasteiger partial charge >= 0.3 is 5.97 Å². The Kier molecular flexibility index (Phi) is 3.59. The number of carboxylic acids is 1. The van der Waals surface area contributed by atoms with Crippen molar-refractivity contribution in [2.45, 2.75) is 38.8 Å². The summed E-state index contributed by atoms with van der Waals surface area (Å²) in [6, 6.07) is 0.361. The molecule has 18 heavy (non-hydrogen) atoms. The fraction of sp³-hybridized carbons (Fsp3) is 0.636. The van der Waals surface area contributed by atoms with Gasteiger partial charge in [-0.2, -0.15) is 0 Å². The van der Waals surface area contributed by atoms with Crippen LogP contribution >= 0.6 is 0 Å². The number of aromatic nitrogens is 3. The highest BCUT2D eigenvalue weighted by Crippen LogP contribution is 2.27. The predicted molar refractivity (Wildman–Crippen MR) is 62.0 cm³/mol. The summed E-state index contributed by atoms with van der Waals surface area (Å²) in [5.74, 6) is -1.16. The third-order valence-corrected chi connectivity index (χ3v) is 2.83. The average molecular weight is 252 g/mol. The molecule has 0 spiro atoms. The van der Waals surface area contributed by atoms with Crippen LogP contribution in [0, 0.1) is 0 Å². The van der Waals surface area contributed by atoms with E-state index in [4.69, 9.17) is 5.11 Å². The molecule has 1 aliphatic rings. The maximum atomic E-state index is 12.1. The van der Waals surface area contributed by atoms with Crippen molar-refractivity contribution >= 4 is 11.9 Å². The van der Waals surface area contributed by atoms with Gasteiger partial charge in [0.2, 0.25) is 5.91 Å². The van der Waals surface area contributed by atoms with E-state index in [9.17, 15) is 9.59 Å². The van der Waals surface area contributed by atoms with Crippen molar-refractivity contribution in [3.05, 3.63) is 11.9 Å². The molecule has 0 bridgehead atoms. The Hall–Kier alpha value is -1.92. The Morgan fingerprint density at radius 3 is 2.78 bits per heavy atom. The van der Waals surface area contributed by atoms with Crippen LogP contribution in [0.15, 0.2) is 6.20 Å². The van der Waals surface area contributed by atoms with Gasteiger partial charge in [-0.25, -0.2) is 9.48 Å². The van der Waals surface area contributed by atoms with Crippen molar-refractivity contribution in [2.75, 3.05) is 6.54 Å². The van der Waals surface area contributed by atoms with Crippen LogP contribution in [0.4, 0.5) is 0 Å². The van der Waals surface area contributed by atoms with Crippen LogP contribution in [0.25, 0.3) is 0 Å². The zero-order chi connectivity index (χ0) is 13.1. The van der Waals surface area contributed by atoms with Gasteiger partial charge in [-0.05, 0) is 19.3 Å². The summed E-state index contributed by atoms with van der Waals surface area (Å²) in [5.41, 5.74) is -0.142. The Labute approximate surface area is 104 Å². The van der Waals surface area contributed by atoms with E-state index in [0.29, 0.717) is 6.04 Å². The van der Waals surface area contributed by atoms with E-state index in [0.717, 1.165) is 25.8 Å². The third kappa shape index (κ3) is 2.85. The number of nitrogens with zero attached hydrogens (tertiary/aromatic N) is 4. The molecule has 1 heterocycles. The van der Waals surface area contributed by atoms with Gasteiger partial charge < -0.3 is 10.0 Å². The molecular formula is C11H16N4O3. The summed E-state index contributed by atoms with van der Waals surface area (Å²) in [6.45, 7) is 2.82. The number of carbonyl (C=O) groups is 2. The Balaban J connectivity index is 1.98. The smallest absolute Gasteiger partial charge is 0.358 e. The van der Waals surface area contributed by atoms with Crippen LogP contribution in [-0.2, 0) is 11.3 Å². The van der Waals surface area contributed by atoms with Gasteiger partial charge in [0.15, 0.2) is 5.69 Å². The van der Waals surface area contributed by atoms with Crippen LogP contribution in [0.1, 0.15) is 36.7 Å². The lowest BCUT2D eigenvalue weighted by Gasteiger charge is -2.21. The summed E-state index contributed by atoms with van der Waals surface area (Å²) < 4.78 is 1.27. The van der Waals surface area contributed by atoms with Gasteiger partial charge in [0, 0.05) is 12.6 Å². The van der Waals surface area contributed by atoms with Crippen molar-refractivity contribution in [3.8, 4) is 0 Å². The molecule has 1 aromatic rings. The van der Waals surface area contributed by atoms with E-state index in [2.05, 4.69) is 10.3 Å². The van der Waals surface area contributed by atoms with Crippen molar-refractivity contribution in [2.24, 2.45) is 0 Å². The number of rotatable bonds is 6. The summed E-state index contributed by atoms with van der Waals surface area (Å²) >= 11 is 0. The molecule has 1 aliphatic carbocycles. The van der Waals surface area contributed by atoms with Crippen LogP contribution in [0.2, 0.25) is 0 Å². The molecule has 0 aliphatic heterocycles. The lowest BCUT2D eigenvalue weighted by Crippen LogP contribution is -2.36. The van der Waals surface area contributed by atoms with Gasteiger partial charge in [0.05, 0.1) is 6.20 Å². The highest BCUT2D eigenvalue weighted by Gasteiger charge is 2.31. The number of hydrogen-bond acceptors (Lipinski definition) is 4. The lowest BCUT2D eigenvalue weighted by atomic mass is 10.3. The van der Waals surface area contributed by atoms with Crippen LogP contribution in [0.5, 0.6) is 0 Å². The fourth-order valence-electron chi connectivity index (χ4n) is 1.84. The first-order valence-electron chi connectivity index (χ1n) is 6.04. The largest absolute Gasteiger partial charge is 0.476 e. The normalized spacial score (nSPS) is 14.5. The number of amides is 1. The molecule has 2 rings (SSSR count). The van der Waals surface area contributed by atoms with E-state index in [-0.39, 0.29) is 18.1 Å². The fourth-order valence-corrected chi connectivity index (χ4v) is 1.84. The highest BCUT2D eigenvalue weighted by molar-refractivity contribution is 5.84. The molecule has 0 unspecified atom stereocenters. The molecule has 1 aromatic heterocycles. The van der Waals surface area contributed by atoms with Crippen LogP contribution in [-0.4, -0.2) is 49.5 Å². The molecule has 1 saturated carbocycles. The summed E-state index contributed by atoms with van der Waals surface area (Å²) in [4.78, 5) is 24.5. The minimum absolute atomic E-state index is 0.0267. The van der Waals surface area contributed by atoms with Gasteiger partial charge in [-0.3, -0.25) is 4.79 Å². The number of carboxylic acid groups (broad SMARTS) is 1. The monoisotopic (exact) mass is 252 g/mol. The molecule has 0 aromatic carbocycles.